The highest BCUT2D eigenvalue weighted by atomic mass is 16.5. The lowest BCUT2D eigenvalue weighted by Gasteiger charge is -2.35. The summed E-state index contributed by atoms with van der Waals surface area (Å²) in [6.07, 6.45) is 2.07. The van der Waals surface area contributed by atoms with E-state index in [9.17, 15) is 0 Å². The van der Waals surface area contributed by atoms with Crippen LogP contribution in [0.3, 0.4) is 0 Å². The first-order chi connectivity index (χ1) is 11.9. The van der Waals surface area contributed by atoms with Gasteiger partial charge in [0.15, 0.2) is 0 Å². The number of hydrogen-bond acceptors (Lipinski definition) is 3. The molecule has 0 aliphatic carbocycles. The third-order valence-corrected chi connectivity index (χ3v) is 6.10. The van der Waals surface area contributed by atoms with Gasteiger partial charge in [-0.2, -0.15) is 0 Å². The number of nitrogen functional groups attached to an aromatic ring is 1. The molecular formula is C22H28N2O. The predicted octanol–water partition coefficient (Wildman–Crippen LogP) is 3.95. The van der Waals surface area contributed by atoms with E-state index in [1.165, 1.54) is 27.8 Å². The molecule has 0 bridgehead atoms. The topological polar surface area (TPSA) is 38.5 Å². The van der Waals surface area contributed by atoms with E-state index in [4.69, 9.17) is 10.5 Å². The minimum atomic E-state index is -0.176. The Bertz CT molecular complexity index is 803. The standard InChI is InChI=1S/C22H28N2O/c1-14-15(2)21-19(16(3)20(14)23)11-22(4,25-21)13-24-10-9-17-7-5-6-8-18(17)12-24/h5-8H,9-13,23H2,1-4H3. The van der Waals surface area contributed by atoms with E-state index in [-0.39, 0.29) is 5.60 Å². The van der Waals surface area contributed by atoms with Crippen molar-refractivity contribution in [2.24, 2.45) is 0 Å². The van der Waals surface area contributed by atoms with Crippen molar-refractivity contribution in [3.05, 3.63) is 57.6 Å². The zero-order valence-electron chi connectivity index (χ0n) is 15.8. The summed E-state index contributed by atoms with van der Waals surface area (Å²) in [5.41, 5.74) is 14.9. The Kier molecular flexibility index (Phi) is 3.80. The summed E-state index contributed by atoms with van der Waals surface area (Å²) in [7, 11) is 0. The number of nitrogens with two attached hydrogens (primary N) is 1. The molecule has 2 aromatic carbocycles. The number of benzene rings is 2. The fraction of sp³-hybridized carbons (Fsp3) is 0.455. The van der Waals surface area contributed by atoms with E-state index in [2.05, 4.69) is 56.9 Å². The Morgan fingerprint density at radius 1 is 1.08 bits per heavy atom. The van der Waals surface area contributed by atoms with Crippen LogP contribution in [0.15, 0.2) is 24.3 Å². The monoisotopic (exact) mass is 336 g/mol. The van der Waals surface area contributed by atoms with Crippen molar-refractivity contribution < 1.29 is 4.74 Å². The van der Waals surface area contributed by atoms with Crippen molar-refractivity contribution >= 4 is 5.69 Å². The number of ether oxygens (including phenoxy) is 1. The van der Waals surface area contributed by atoms with Gasteiger partial charge in [0.1, 0.15) is 11.4 Å². The summed E-state index contributed by atoms with van der Waals surface area (Å²) in [4.78, 5) is 2.54. The first kappa shape index (κ1) is 16.5. The molecule has 4 rings (SSSR count). The minimum absolute atomic E-state index is 0.176. The molecule has 3 nitrogen and oxygen atoms in total. The predicted molar refractivity (Wildman–Crippen MR) is 103 cm³/mol. The van der Waals surface area contributed by atoms with Gasteiger partial charge in [0.05, 0.1) is 0 Å². The van der Waals surface area contributed by atoms with Crippen molar-refractivity contribution in [1.29, 1.82) is 0 Å². The van der Waals surface area contributed by atoms with Crippen molar-refractivity contribution in [3.63, 3.8) is 0 Å². The summed E-state index contributed by atoms with van der Waals surface area (Å²) in [6, 6.07) is 8.80. The zero-order valence-corrected chi connectivity index (χ0v) is 15.8. The molecule has 2 N–H and O–H groups in total. The Hall–Kier alpha value is -2.00. The number of rotatable bonds is 2. The molecule has 0 amide bonds. The van der Waals surface area contributed by atoms with E-state index in [0.29, 0.717) is 0 Å². The van der Waals surface area contributed by atoms with Crippen LogP contribution in [0.2, 0.25) is 0 Å². The molecular weight excluding hydrogens is 308 g/mol. The van der Waals surface area contributed by atoms with E-state index in [1.807, 2.05) is 0 Å². The smallest absolute Gasteiger partial charge is 0.127 e. The van der Waals surface area contributed by atoms with Gasteiger partial charge in [-0.15, -0.1) is 0 Å². The molecule has 25 heavy (non-hydrogen) atoms. The summed E-state index contributed by atoms with van der Waals surface area (Å²) < 4.78 is 6.54. The molecule has 2 aliphatic rings. The Morgan fingerprint density at radius 2 is 1.80 bits per heavy atom. The molecule has 2 aromatic rings. The van der Waals surface area contributed by atoms with Crippen LogP contribution < -0.4 is 10.5 Å². The van der Waals surface area contributed by atoms with Gasteiger partial charge in [-0.25, -0.2) is 0 Å². The van der Waals surface area contributed by atoms with Crippen LogP contribution in [0.25, 0.3) is 0 Å². The molecule has 0 saturated heterocycles. The Labute approximate surface area is 150 Å². The second kappa shape index (κ2) is 5.77. The van der Waals surface area contributed by atoms with E-state index < -0.39 is 0 Å². The Balaban J connectivity index is 1.57. The van der Waals surface area contributed by atoms with Crippen molar-refractivity contribution in [2.45, 2.75) is 52.7 Å². The third kappa shape index (κ3) is 2.71. The van der Waals surface area contributed by atoms with Crippen molar-refractivity contribution in [3.8, 4) is 5.75 Å². The maximum absolute atomic E-state index is 6.54. The number of fused-ring (bicyclic) bond motifs is 2. The highest BCUT2D eigenvalue weighted by Crippen LogP contribution is 2.44. The van der Waals surface area contributed by atoms with Crippen LogP contribution in [0.1, 0.15) is 40.3 Å². The average Bonchev–Trinajstić information content (AvgIpc) is 2.95. The van der Waals surface area contributed by atoms with Crippen LogP contribution in [0.4, 0.5) is 5.69 Å². The second-order valence-electron chi connectivity index (χ2n) is 8.05. The van der Waals surface area contributed by atoms with Gasteiger partial charge in [0.25, 0.3) is 0 Å². The van der Waals surface area contributed by atoms with Crippen LogP contribution >= 0.6 is 0 Å². The quantitative estimate of drug-likeness (QED) is 0.844. The second-order valence-corrected chi connectivity index (χ2v) is 8.05. The SMILES string of the molecule is Cc1c(C)c2c(c(C)c1N)CC(C)(CN1CCc3ccccc3C1)O2. The summed E-state index contributed by atoms with van der Waals surface area (Å²) in [6.45, 7) is 11.7. The molecule has 1 atom stereocenters. The first-order valence-electron chi connectivity index (χ1n) is 9.24. The Morgan fingerprint density at radius 3 is 2.56 bits per heavy atom. The maximum Gasteiger partial charge on any atom is 0.127 e. The molecule has 132 valence electrons. The highest BCUT2D eigenvalue weighted by molar-refractivity contribution is 5.66. The van der Waals surface area contributed by atoms with Gasteiger partial charge in [-0.05, 0) is 61.9 Å². The lowest BCUT2D eigenvalue weighted by atomic mass is 9.91. The average molecular weight is 336 g/mol. The molecule has 3 heteroatoms. The molecule has 0 saturated carbocycles. The van der Waals surface area contributed by atoms with Crippen LogP contribution in [0, 0.1) is 20.8 Å². The zero-order chi connectivity index (χ0) is 17.8. The molecule has 0 radical (unpaired) electrons. The normalized spacial score (nSPS) is 22.4. The number of hydrogen-bond donors (Lipinski definition) is 1. The van der Waals surface area contributed by atoms with E-state index in [0.717, 1.165) is 49.5 Å². The maximum atomic E-state index is 6.54. The number of anilines is 1. The molecule has 2 aliphatic heterocycles. The van der Waals surface area contributed by atoms with Crippen molar-refractivity contribution in [1.82, 2.24) is 4.90 Å². The first-order valence-corrected chi connectivity index (χ1v) is 9.24. The van der Waals surface area contributed by atoms with Crippen LogP contribution in [-0.2, 0) is 19.4 Å². The lowest BCUT2D eigenvalue weighted by Crippen LogP contribution is -2.46. The fourth-order valence-corrected chi connectivity index (χ4v) is 4.47. The van der Waals surface area contributed by atoms with Gasteiger partial charge >= 0.3 is 0 Å². The minimum Gasteiger partial charge on any atom is -0.485 e. The largest absolute Gasteiger partial charge is 0.485 e. The van der Waals surface area contributed by atoms with E-state index >= 15 is 0 Å². The molecule has 0 fully saturated rings. The summed E-state index contributed by atoms with van der Waals surface area (Å²) in [5, 5.41) is 0. The molecule has 1 unspecified atom stereocenters. The van der Waals surface area contributed by atoms with Gasteiger partial charge in [-0.3, -0.25) is 4.90 Å². The van der Waals surface area contributed by atoms with Crippen LogP contribution in [-0.4, -0.2) is 23.6 Å². The lowest BCUT2D eigenvalue weighted by molar-refractivity contribution is 0.0573. The van der Waals surface area contributed by atoms with Crippen LogP contribution in [0.5, 0.6) is 5.75 Å². The third-order valence-electron chi connectivity index (χ3n) is 6.10. The summed E-state index contributed by atoms with van der Waals surface area (Å²) in [5.74, 6) is 1.07. The van der Waals surface area contributed by atoms with Gasteiger partial charge in [0, 0.05) is 37.3 Å². The molecule has 2 heterocycles. The molecule has 0 aromatic heterocycles. The van der Waals surface area contributed by atoms with Gasteiger partial charge < -0.3 is 10.5 Å². The molecule has 0 spiro atoms. The number of nitrogens with zero attached hydrogens (tertiary/aromatic N) is 1. The van der Waals surface area contributed by atoms with Gasteiger partial charge in [0.2, 0.25) is 0 Å². The summed E-state index contributed by atoms with van der Waals surface area (Å²) >= 11 is 0. The van der Waals surface area contributed by atoms with E-state index in [1.54, 1.807) is 0 Å². The fourth-order valence-electron chi connectivity index (χ4n) is 4.47. The van der Waals surface area contributed by atoms with Gasteiger partial charge in [-0.1, -0.05) is 24.3 Å². The highest BCUT2D eigenvalue weighted by Gasteiger charge is 2.39. The van der Waals surface area contributed by atoms with Crippen molar-refractivity contribution in [2.75, 3.05) is 18.8 Å².